The summed E-state index contributed by atoms with van der Waals surface area (Å²) >= 11 is 5.91. The summed E-state index contributed by atoms with van der Waals surface area (Å²) in [4.78, 5) is 11.5. The molecule has 154 valence electrons. The van der Waals surface area contributed by atoms with Crippen molar-refractivity contribution in [2.24, 2.45) is 0 Å². The molecule has 5 nitrogen and oxygen atoms in total. The van der Waals surface area contributed by atoms with Crippen molar-refractivity contribution in [3.8, 4) is 5.69 Å². The van der Waals surface area contributed by atoms with Crippen LogP contribution in [0.3, 0.4) is 0 Å². The Kier molecular flexibility index (Phi) is 5.25. The molecular formula is C24H27N5S. The maximum atomic E-state index is 5.91. The van der Waals surface area contributed by atoms with Gasteiger partial charge in [0.15, 0.2) is 5.11 Å². The lowest BCUT2D eigenvalue weighted by molar-refractivity contribution is 0.193. The number of hydrogen-bond acceptors (Lipinski definition) is 3. The van der Waals surface area contributed by atoms with Crippen LogP contribution in [0.4, 0.5) is 0 Å². The Morgan fingerprint density at radius 1 is 1.00 bits per heavy atom. The van der Waals surface area contributed by atoms with Crippen LogP contribution >= 0.6 is 12.2 Å². The Hall–Kier alpha value is -2.73. The van der Waals surface area contributed by atoms with Crippen molar-refractivity contribution in [3.05, 3.63) is 78.1 Å². The molecule has 5 rings (SSSR count). The highest BCUT2D eigenvalue weighted by Crippen LogP contribution is 2.43. The highest BCUT2D eigenvalue weighted by Gasteiger charge is 2.44. The van der Waals surface area contributed by atoms with Crippen LogP contribution in [-0.4, -0.2) is 30.6 Å². The molecule has 1 aliphatic heterocycles. The molecule has 2 fully saturated rings. The van der Waals surface area contributed by atoms with Crippen molar-refractivity contribution in [1.29, 1.82) is 0 Å². The minimum atomic E-state index is 0.0188. The largest absolute Gasteiger partial charge is 0.352 e. The van der Waals surface area contributed by atoms with Crippen LogP contribution in [0.25, 0.3) is 5.69 Å². The van der Waals surface area contributed by atoms with Gasteiger partial charge in [-0.3, -0.25) is 9.97 Å². The minimum absolute atomic E-state index is 0.0188. The summed E-state index contributed by atoms with van der Waals surface area (Å²) in [5.74, 6) is 0. The number of rotatable bonds is 4. The Morgan fingerprint density at radius 2 is 1.87 bits per heavy atom. The number of thiocarbonyl (C=S) groups is 1. The average Bonchev–Trinajstić information content (AvgIpc) is 3.35. The summed E-state index contributed by atoms with van der Waals surface area (Å²) in [5.41, 5.74) is 4.53. The van der Waals surface area contributed by atoms with Gasteiger partial charge in [-0.1, -0.05) is 25.3 Å². The monoisotopic (exact) mass is 417 g/mol. The molecule has 0 bridgehead atoms. The van der Waals surface area contributed by atoms with Crippen molar-refractivity contribution in [2.75, 3.05) is 0 Å². The Labute approximate surface area is 183 Å². The lowest BCUT2D eigenvalue weighted by atomic mass is 9.92. The first kappa shape index (κ1) is 19.2. The summed E-state index contributed by atoms with van der Waals surface area (Å²) in [6, 6.07) is 15.2. The van der Waals surface area contributed by atoms with E-state index in [1.54, 1.807) is 0 Å². The zero-order chi connectivity index (χ0) is 20.5. The maximum Gasteiger partial charge on any atom is 0.170 e. The van der Waals surface area contributed by atoms with E-state index in [0.29, 0.717) is 6.04 Å². The van der Waals surface area contributed by atoms with Crippen molar-refractivity contribution in [2.45, 2.75) is 57.2 Å². The molecule has 2 atom stereocenters. The summed E-state index contributed by atoms with van der Waals surface area (Å²) in [6.07, 6.45) is 11.9. The fourth-order valence-corrected chi connectivity index (χ4v) is 5.45. The van der Waals surface area contributed by atoms with E-state index in [-0.39, 0.29) is 12.1 Å². The van der Waals surface area contributed by atoms with E-state index >= 15 is 0 Å². The first-order valence-electron chi connectivity index (χ1n) is 10.8. The summed E-state index contributed by atoms with van der Waals surface area (Å²) < 4.78 is 2.32. The lowest BCUT2D eigenvalue weighted by Gasteiger charge is -2.37. The first-order chi connectivity index (χ1) is 14.7. The Bertz CT molecular complexity index is 1010. The van der Waals surface area contributed by atoms with Crippen LogP contribution in [0.5, 0.6) is 0 Å². The highest BCUT2D eigenvalue weighted by molar-refractivity contribution is 7.80. The van der Waals surface area contributed by atoms with E-state index < -0.39 is 0 Å². The van der Waals surface area contributed by atoms with Gasteiger partial charge in [0, 0.05) is 29.8 Å². The van der Waals surface area contributed by atoms with Gasteiger partial charge in [0.25, 0.3) is 0 Å². The van der Waals surface area contributed by atoms with E-state index in [2.05, 4.69) is 62.0 Å². The molecule has 1 aliphatic carbocycles. The predicted octanol–water partition coefficient (Wildman–Crippen LogP) is 4.88. The third kappa shape index (κ3) is 3.39. The highest BCUT2D eigenvalue weighted by atomic mass is 32.1. The third-order valence-electron chi connectivity index (χ3n) is 6.42. The number of hydrogen-bond donors (Lipinski definition) is 1. The van der Waals surface area contributed by atoms with E-state index in [9.17, 15) is 0 Å². The third-order valence-corrected chi connectivity index (χ3v) is 6.75. The number of nitrogens with zero attached hydrogens (tertiary/aromatic N) is 4. The van der Waals surface area contributed by atoms with Gasteiger partial charge in [0.05, 0.1) is 29.7 Å². The van der Waals surface area contributed by atoms with Crippen molar-refractivity contribution in [1.82, 2.24) is 24.8 Å². The van der Waals surface area contributed by atoms with Gasteiger partial charge >= 0.3 is 0 Å². The van der Waals surface area contributed by atoms with E-state index in [1.165, 1.54) is 43.5 Å². The second-order valence-corrected chi connectivity index (χ2v) is 8.66. The smallest absolute Gasteiger partial charge is 0.170 e. The molecule has 0 spiro atoms. The summed E-state index contributed by atoms with van der Waals surface area (Å²) in [6.45, 7) is 2.15. The Morgan fingerprint density at radius 3 is 2.60 bits per heavy atom. The molecular weight excluding hydrogens is 390 g/mol. The van der Waals surface area contributed by atoms with Gasteiger partial charge in [-0.05, 0) is 68.4 Å². The van der Waals surface area contributed by atoms with Gasteiger partial charge in [0.1, 0.15) is 0 Å². The van der Waals surface area contributed by atoms with Gasteiger partial charge in [-0.2, -0.15) is 0 Å². The first-order valence-corrected chi connectivity index (χ1v) is 11.2. The van der Waals surface area contributed by atoms with E-state index in [4.69, 9.17) is 12.2 Å². The number of nitrogens with one attached hydrogen (secondary N) is 1. The summed E-state index contributed by atoms with van der Waals surface area (Å²) in [5, 5.41) is 4.47. The number of aryl methyl sites for hydroxylation is 1. The van der Waals surface area contributed by atoms with Crippen LogP contribution in [0.2, 0.25) is 0 Å². The zero-order valence-electron chi connectivity index (χ0n) is 17.2. The molecule has 1 N–H and O–H groups in total. The second kappa shape index (κ2) is 8.19. The van der Waals surface area contributed by atoms with Gasteiger partial charge in [-0.25, -0.2) is 0 Å². The average molecular weight is 418 g/mol. The van der Waals surface area contributed by atoms with Crippen molar-refractivity contribution in [3.63, 3.8) is 0 Å². The van der Waals surface area contributed by atoms with Crippen molar-refractivity contribution < 1.29 is 0 Å². The molecule has 1 saturated heterocycles. The molecule has 2 unspecified atom stereocenters. The van der Waals surface area contributed by atoms with Crippen molar-refractivity contribution >= 4 is 17.3 Å². The van der Waals surface area contributed by atoms with Crippen LogP contribution < -0.4 is 5.32 Å². The maximum absolute atomic E-state index is 5.91. The molecule has 0 radical (unpaired) electrons. The molecule has 0 aromatic carbocycles. The zero-order valence-corrected chi connectivity index (χ0v) is 18.1. The molecule has 1 saturated carbocycles. The quantitative estimate of drug-likeness (QED) is 0.613. The van der Waals surface area contributed by atoms with Crippen LogP contribution in [0, 0.1) is 6.92 Å². The normalized spacial score (nSPS) is 22.3. The molecule has 0 amide bonds. The minimum Gasteiger partial charge on any atom is -0.352 e. The van der Waals surface area contributed by atoms with Crippen LogP contribution in [0.15, 0.2) is 61.1 Å². The standard InChI is InChI=1S/C24H27N5S/c1-17-12-13-21(28(17)19-10-7-14-25-16-19)23-22(20-11-5-6-15-26-20)27-24(30)29(23)18-8-3-2-4-9-18/h5-7,10-16,18,22-23H,2-4,8-9H2,1H3,(H,27,30). The SMILES string of the molecule is Cc1ccc(C2C(c3ccccn3)NC(=S)N2C2CCCCC2)n1-c1cccnc1. The fraction of sp³-hybridized carbons (Fsp3) is 0.375. The second-order valence-electron chi connectivity index (χ2n) is 8.27. The fourth-order valence-electron chi connectivity index (χ4n) is 5.06. The molecule has 3 aromatic heterocycles. The molecule has 6 heteroatoms. The van der Waals surface area contributed by atoms with Crippen LogP contribution in [-0.2, 0) is 0 Å². The Balaban J connectivity index is 1.64. The molecule has 30 heavy (non-hydrogen) atoms. The van der Waals surface area contributed by atoms with Gasteiger partial charge in [-0.15, -0.1) is 0 Å². The number of aromatic nitrogens is 3. The van der Waals surface area contributed by atoms with Gasteiger partial charge in [0.2, 0.25) is 0 Å². The summed E-state index contributed by atoms with van der Waals surface area (Å²) in [7, 11) is 0. The lowest BCUT2D eigenvalue weighted by Crippen LogP contribution is -2.40. The molecule has 4 heterocycles. The topological polar surface area (TPSA) is 46.0 Å². The van der Waals surface area contributed by atoms with Crippen LogP contribution in [0.1, 0.15) is 61.3 Å². The molecule has 2 aliphatic rings. The van der Waals surface area contributed by atoms with E-state index in [1.807, 2.05) is 30.7 Å². The molecule has 3 aromatic rings. The predicted molar refractivity (Wildman–Crippen MR) is 122 cm³/mol. The van der Waals surface area contributed by atoms with Gasteiger partial charge < -0.3 is 14.8 Å². The number of pyridine rings is 2. The van der Waals surface area contributed by atoms with E-state index in [0.717, 1.165) is 16.5 Å².